The monoisotopic (exact) mass is 336 g/mol. The van der Waals surface area contributed by atoms with E-state index in [0.717, 1.165) is 11.8 Å². The maximum atomic E-state index is 13.5. The maximum Gasteiger partial charge on any atom is 0.254 e. The first kappa shape index (κ1) is 17.1. The first-order valence-corrected chi connectivity index (χ1v) is 8.64. The third-order valence-corrected chi connectivity index (χ3v) is 5.17. The molecule has 1 aromatic carbocycles. The van der Waals surface area contributed by atoms with E-state index in [9.17, 15) is 17.6 Å². The maximum absolute atomic E-state index is 13.5. The van der Waals surface area contributed by atoms with Crippen molar-refractivity contribution in [3.63, 3.8) is 0 Å². The molecule has 5 nitrogen and oxygen atoms in total. The fraction of sp³-hybridized carbons (Fsp3) is 0.250. The van der Waals surface area contributed by atoms with Crippen LogP contribution < -0.4 is 5.32 Å². The van der Waals surface area contributed by atoms with E-state index in [1.165, 1.54) is 24.4 Å². The van der Waals surface area contributed by atoms with Gasteiger partial charge < -0.3 is 5.32 Å². The lowest BCUT2D eigenvalue weighted by molar-refractivity contribution is 0.0939. The first-order chi connectivity index (χ1) is 10.8. The van der Waals surface area contributed by atoms with Gasteiger partial charge in [-0.15, -0.1) is 0 Å². The Kier molecular flexibility index (Phi) is 5.10. The lowest BCUT2D eigenvalue weighted by atomic mass is 10.2. The van der Waals surface area contributed by atoms with Gasteiger partial charge in [-0.05, 0) is 32.0 Å². The summed E-state index contributed by atoms with van der Waals surface area (Å²) in [6.45, 7) is 3.42. The Morgan fingerprint density at radius 2 is 1.91 bits per heavy atom. The van der Waals surface area contributed by atoms with Gasteiger partial charge in [0, 0.05) is 12.2 Å². The van der Waals surface area contributed by atoms with Gasteiger partial charge in [-0.3, -0.25) is 9.78 Å². The topological polar surface area (TPSA) is 76.1 Å². The van der Waals surface area contributed by atoms with Crippen LogP contribution in [0.25, 0.3) is 0 Å². The van der Waals surface area contributed by atoms with Crippen molar-refractivity contribution in [1.29, 1.82) is 0 Å². The summed E-state index contributed by atoms with van der Waals surface area (Å²) in [6, 6.07) is 7.06. The molecule has 1 amide bonds. The van der Waals surface area contributed by atoms with E-state index in [-0.39, 0.29) is 16.2 Å². The number of aryl methyl sites for hydroxylation is 1. The molecule has 7 heteroatoms. The van der Waals surface area contributed by atoms with E-state index in [1.807, 2.05) is 6.92 Å². The van der Waals surface area contributed by atoms with Gasteiger partial charge in [0.1, 0.15) is 0 Å². The van der Waals surface area contributed by atoms with Crippen LogP contribution >= 0.6 is 0 Å². The number of carbonyl (C=O) groups is 1. The van der Waals surface area contributed by atoms with Crippen LogP contribution in [0, 0.1) is 12.7 Å². The molecule has 0 fully saturated rings. The van der Waals surface area contributed by atoms with Crippen molar-refractivity contribution in [3.05, 3.63) is 59.7 Å². The molecular formula is C16H17FN2O3S. The minimum Gasteiger partial charge on any atom is -0.348 e. The van der Waals surface area contributed by atoms with Gasteiger partial charge in [-0.2, -0.15) is 0 Å². The normalized spacial score (nSPS) is 12.7. The van der Waals surface area contributed by atoms with Crippen LogP contribution in [-0.2, 0) is 9.84 Å². The third-order valence-electron chi connectivity index (χ3n) is 3.24. The van der Waals surface area contributed by atoms with E-state index in [2.05, 4.69) is 10.3 Å². The van der Waals surface area contributed by atoms with Crippen LogP contribution in [0.2, 0.25) is 0 Å². The molecule has 0 bridgehead atoms. The average molecular weight is 336 g/mol. The van der Waals surface area contributed by atoms with Gasteiger partial charge in [0.15, 0.2) is 15.7 Å². The third kappa shape index (κ3) is 4.35. The number of hydrogen-bond acceptors (Lipinski definition) is 4. The fourth-order valence-corrected chi connectivity index (χ4v) is 3.56. The van der Waals surface area contributed by atoms with Crippen molar-refractivity contribution in [2.45, 2.75) is 24.8 Å². The minimum atomic E-state index is -3.54. The second kappa shape index (κ2) is 6.87. The molecule has 0 spiro atoms. The number of benzene rings is 1. The highest BCUT2D eigenvalue weighted by atomic mass is 32.2. The Balaban J connectivity index is 2.07. The number of pyridine rings is 1. The Bertz CT molecular complexity index is 804. The van der Waals surface area contributed by atoms with Crippen LogP contribution in [-0.4, -0.2) is 31.1 Å². The minimum absolute atomic E-state index is 0.167. The van der Waals surface area contributed by atoms with Gasteiger partial charge in [0.05, 0.1) is 22.4 Å². The van der Waals surface area contributed by atoms with Crippen molar-refractivity contribution in [1.82, 2.24) is 10.3 Å². The van der Waals surface area contributed by atoms with E-state index in [1.54, 1.807) is 19.1 Å². The zero-order chi connectivity index (χ0) is 17.0. The van der Waals surface area contributed by atoms with Crippen LogP contribution in [0.15, 0.2) is 47.6 Å². The van der Waals surface area contributed by atoms with Gasteiger partial charge in [-0.1, -0.05) is 17.7 Å². The molecular weight excluding hydrogens is 319 g/mol. The molecule has 1 atom stereocenters. The molecule has 0 aliphatic heterocycles. The van der Waals surface area contributed by atoms with Crippen LogP contribution in [0.3, 0.4) is 0 Å². The number of sulfone groups is 1. The van der Waals surface area contributed by atoms with Gasteiger partial charge in [0.2, 0.25) is 0 Å². The number of nitrogens with one attached hydrogen (secondary N) is 1. The smallest absolute Gasteiger partial charge is 0.254 e. The number of rotatable bonds is 5. The summed E-state index contributed by atoms with van der Waals surface area (Å²) in [5.74, 6) is -1.69. The van der Waals surface area contributed by atoms with Crippen molar-refractivity contribution in [2.75, 3.05) is 5.75 Å². The highest BCUT2D eigenvalue weighted by molar-refractivity contribution is 7.91. The summed E-state index contributed by atoms with van der Waals surface area (Å²) in [5, 5.41) is 2.49. The highest BCUT2D eigenvalue weighted by Gasteiger charge is 2.21. The Morgan fingerprint density at radius 1 is 1.26 bits per heavy atom. The molecule has 0 saturated carbocycles. The van der Waals surface area contributed by atoms with Crippen molar-refractivity contribution in [3.8, 4) is 0 Å². The lowest BCUT2D eigenvalue weighted by Crippen LogP contribution is -2.38. The summed E-state index contributed by atoms with van der Waals surface area (Å²) in [4.78, 5) is 15.7. The van der Waals surface area contributed by atoms with Crippen molar-refractivity contribution in [2.24, 2.45) is 0 Å². The number of halogens is 1. The first-order valence-electron chi connectivity index (χ1n) is 6.99. The van der Waals surface area contributed by atoms with Gasteiger partial charge in [0.25, 0.3) is 5.91 Å². The molecule has 1 aromatic heterocycles. The molecule has 0 aliphatic carbocycles. The molecule has 0 radical (unpaired) electrons. The molecule has 2 rings (SSSR count). The van der Waals surface area contributed by atoms with Crippen molar-refractivity contribution >= 4 is 15.7 Å². The Labute approximate surface area is 134 Å². The van der Waals surface area contributed by atoms with E-state index >= 15 is 0 Å². The molecule has 1 N–H and O–H groups in total. The quantitative estimate of drug-likeness (QED) is 0.907. The number of amides is 1. The van der Waals surface area contributed by atoms with Crippen molar-refractivity contribution < 1.29 is 17.6 Å². The molecule has 0 saturated heterocycles. The van der Waals surface area contributed by atoms with Gasteiger partial charge >= 0.3 is 0 Å². The summed E-state index contributed by atoms with van der Waals surface area (Å²) < 4.78 is 38.1. The van der Waals surface area contributed by atoms with Crippen LogP contribution in [0.5, 0.6) is 0 Å². The Morgan fingerprint density at radius 3 is 2.52 bits per heavy atom. The van der Waals surface area contributed by atoms with Gasteiger partial charge in [-0.25, -0.2) is 12.8 Å². The molecule has 23 heavy (non-hydrogen) atoms. The number of hydrogen-bond donors (Lipinski definition) is 1. The largest absolute Gasteiger partial charge is 0.348 e. The Hall–Kier alpha value is -2.28. The predicted molar refractivity (Wildman–Crippen MR) is 84.4 cm³/mol. The fourth-order valence-electron chi connectivity index (χ4n) is 2.07. The second-order valence-electron chi connectivity index (χ2n) is 5.32. The average Bonchev–Trinajstić information content (AvgIpc) is 2.47. The van der Waals surface area contributed by atoms with E-state index in [0.29, 0.717) is 0 Å². The van der Waals surface area contributed by atoms with Crippen LogP contribution in [0.4, 0.5) is 4.39 Å². The zero-order valence-electron chi connectivity index (χ0n) is 12.8. The summed E-state index contributed by atoms with van der Waals surface area (Å²) in [5.41, 5.74) is 0.790. The molecule has 122 valence electrons. The summed E-state index contributed by atoms with van der Waals surface area (Å²) in [7, 11) is -3.54. The highest BCUT2D eigenvalue weighted by Crippen LogP contribution is 2.13. The predicted octanol–water partition coefficient (Wildman–Crippen LogP) is 2.12. The summed E-state index contributed by atoms with van der Waals surface area (Å²) >= 11 is 0. The molecule has 2 aromatic rings. The SMILES string of the molecule is Cc1ccc(S(=O)(=O)C[C@@H](C)NC(=O)c2ccncc2F)cc1. The lowest BCUT2D eigenvalue weighted by Gasteiger charge is -2.14. The molecule has 0 unspecified atom stereocenters. The number of carbonyl (C=O) groups excluding carboxylic acids is 1. The number of aromatic nitrogens is 1. The standard InChI is InChI=1S/C16H17FN2O3S/c1-11-3-5-13(6-4-11)23(21,22)10-12(2)19-16(20)14-7-8-18-9-15(14)17/h3-9,12H,10H2,1-2H3,(H,19,20)/t12-/m1/s1. The summed E-state index contributed by atoms with van der Waals surface area (Å²) in [6.07, 6.45) is 2.23. The zero-order valence-corrected chi connectivity index (χ0v) is 13.6. The molecule has 0 aliphatic rings. The second-order valence-corrected chi connectivity index (χ2v) is 7.36. The van der Waals surface area contributed by atoms with Crippen LogP contribution in [0.1, 0.15) is 22.8 Å². The van der Waals surface area contributed by atoms with E-state index in [4.69, 9.17) is 0 Å². The number of nitrogens with zero attached hydrogens (tertiary/aromatic N) is 1. The molecule has 1 heterocycles. The van der Waals surface area contributed by atoms with E-state index < -0.39 is 27.6 Å².